The molecule has 0 bridgehead atoms. The van der Waals surface area contributed by atoms with Gasteiger partial charge in [-0.1, -0.05) is 56.1 Å². The Morgan fingerprint density at radius 2 is 1.87 bits per heavy atom. The molecule has 1 rings (SSSR count). The van der Waals surface area contributed by atoms with Crippen LogP contribution in [0.4, 0.5) is 0 Å². The van der Waals surface area contributed by atoms with E-state index in [1.165, 1.54) is 6.08 Å². The van der Waals surface area contributed by atoms with Gasteiger partial charge in [-0.05, 0) is 44.8 Å². The molecule has 1 aliphatic heterocycles. The average molecular weight is 332 g/mol. The largest absolute Gasteiger partial charge is 0.481 e. The van der Waals surface area contributed by atoms with Crippen LogP contribution in [0.15, 0.2) is 36.5 Å². The summed E-state index contributed by atoms with van der Waals surface area (Å²) in [6.45, 7) is -3.48. The Hall–Kier alpha value is -1.35. The van der Waals surface area contributed by atoms with E-state index < -0.39 is 38.3 Å². The number of carbonyl (C=O) groups is 1. The van der Waals surface area contributed by atoms with Crippen LogP contribution in [-0.4, -0.2) is 23.3 Å². The van der Waals surface area contributed by atoms with Crippen LogP contribution in [0.5, 0.6) is 0 Å². The van der Waals surface area contributed by atoms with Gasteiger partial charge in [0.15, 0.2) is 0 Å². The molecule has 0 aromatic carbocycles. The Morgan fingerprint density at radius 3 is 2.61 bits per heavy atom. The van der Waals surface area contributed by atoms with Crippen molar-refractivity contribution in [2.45, 2.75) is 83.1 Å². The number of allylic oxidation sites excluding steroid dienone is 5. The molecule has 2 atom stereocenters. The average Bonchev–Trinajstić information content (AvgIpc) is 3.43. The molecule has 0 aliphatic carbocycles. The van der Waals surface area contributed by atoms with Gasteiger partial charge < -0.3 is 9.84 Å². The lowest BCUT2D eigenvalue weighted by Crippen LogP contribution is -1.97. The molecule has 1 N–H and O–H groups in total. The molecule has 0 aromatic rings. The minimum Gasteiger partial charge on any atom is -0.481 e. The molecule has 1 heterocycles. The molecular weight excluding hydrogens is 288 g/mol. The summed E-state index contributed by atoms with van der Waals surface area (Å²) in [6.07, 6.45) is -1.01. The summed E-state index contributed by atoms with van der Waals surface area (Å²) in [4.78, 5) is 10.5. The molecule has 0 amide bonds. The zero-order valence-corrected chi connectivity index (χ0v) is 13.1. The normalized spacial score (nSPS) is 31.0. The Morgan fingerprint density at radius 1 is 1.13 bits per heavy atom. The number of aliphatic carboxylic acids is 1. The van der Waals surface area contributed by atoms with Crippen LogP contribution in [-0.2, 0) is 9.53 Å². The lowest BCUT2D eigenvalue weighted by molar-refractivity contribution is -0.137. The molecule has 0 radical (unpaired) electrons. The van der Waals surface area contributed by atoms with E-state index >= 15 is 0 Å². The van der Waals surface area contributed by atoms with Gasteiger partial charge in [0.2, 0.25) is 0 Å². The molecule has 0 aromatic heterocycles. The number of rotatable bonds is 14. The summed E-state index contributed by atoms with van der Waals surface area (Å²) in [5, 5.41) is 8.61. The van der Waals surface area contributed by atoms with E-state index in [0.29, 0.717) is 12.8 Å². The lowest BCUT2D eigenvalue weighted by atomic mass is 10.1. The Balaban J connectivity index is 2.48. The van der Waals surface area contributed by atoms with Crippen LogP contribution in [0, 0.1) is 0 Å². The minimum atomic E-state index is -3.64. The summed E-state index contributed by atoms with van der Waals surface area (Å²) in [5.74, 6) is -0.814. The molecule has 130 valence electrons. The first-order chi connectivity index (χ1) is 15.4. The topological polar surface area (TPSA) is 49.8 Å². The van der Waals surface area contributed by atoms with Crippen molar-refractivity contribution in [2.24, 2.45) is 0 Å². The third-order valence-corrected chi connectivity index (χ3v) is 3.21. The molecule has 0 unspecified atom stereocenters. The van der Waals surface area contributed by atoms with E-state index in [0.717, 1.165) is 18.9 Å². The molecule has 1 saturated heterocycles. The second-order valence-corrected chi connectivity index (χ2v) is 5.07. The van der Waals surface area contributed by atoms with Gasteiger partial charge in [-0.25, -0.2) is 0 Å². The SMILES string of the molecule is [2H]C([2H])([2H])C([2H])([2H])C([2H])([2H])C([2H])([2H])C([2H])([2H])/C=C\C/C=C\C/C=C\C[C@H]1O[C@H]1CCCC(=O)O. The quantitative estimate of drug-likeness (QED) is 0.341. The maximum atomic E-state index is 10.5. The first-order valence-electron chi connectivity index (χ1n) is 13.2. The van der Waals surface area contributed by atoms with Crippen molar-refractivity contribution < 1.29 is 29.7 Å². The van der Waals surface area contributed by atoms with Gasteiger partial charge in [0.05, 0.1) is 12.2 Å². The molecule has 1 aliphatic rings. The highest BCUT2D eigenvalue weighted by molar-refractivity contribution is 5.66. The smallest absolute Gasteiger partial charge is 0.303 e. The number of hydrogen-bond acceptors (Lipinski definition) is 2. The van der Waals surface area contributed by atoms with Crippen LogP contribution >= 0.6 is 0 Å². The molecule has 0 spiro atoms. The van der Waals surface area contributed by atoms with E-state index in [1.807, 2.05) is 12.2 Å². The number of carboxylic acid groups (broad SMARTS) is 1. The van der Waals surface area contributed by atoms with Crippen LogP contribution in [0.1, 0.15) is 85.9 Å². The molecule has 1 fully saturated rings. The minimum absolute atomic E-state index is 0.113. The van der Waals surface area contributed by atoms with E-state index in [2.05, 4.69) is 0 Å². The first-order valence-corrected chi connectivity index (χ1v) is 7.73. The summed E-state index contributed by atoms with van der Waals surface area (Å²) in [5.41, 5.74) is 0. The van der Waals surface area contributed by atoms with Crippen molar-refractivity contribution in [1.29, 1.82) is 0 Å². The summed E-state index contributed by atoms with van der Waals surface area (Å²) in [7, 11) is 0. The fourth-order valence-electron chi connectivity index (χ4n) is 2.01. The summed E-state index contributed by atoms with van der Waals surface area (Å²) >= 11 is 0. The maximum absolute atomic E-state index is 10.5. The van der Waals surface area contributed by atoms with Crippen molar-refractivity contribution in [3.05, 3.63) is 36.5 Å². The van der Waals surface area contributed by atoms with Gasteiger partial charge in [-0.2, -0.15) is 0 Å². The van der Waals surface area contributed by atoms with E-state index in [1.54, 1.807) is 12.2 Å². The van der Waals surface area contributed by atoms with Crippen molar-refractivity contribution in [3.8, 4) is 0 Å². The van der Waals surface area contributed by atoms with Crippen LogP contribution in [0.25, 0.3) is 0 Å². The Labute approximate surface area is 156 Å². The standard InChI is InChI=1S/C20H32O3/c1-2-3-4-5-6-7-8-9-10-11-12-13-15-18-19(23-18)16-14-17-20(21)22/h6-7,9-10,12-13,18-19H,2-5,8,11,14-17H2,1H3,(H,21,22)/b7-6-,10-9-,13-12-/t18-,19+/m1/s1/i1D3,2D2,3D2,4D2,5D2. The van der Waals surface area contributed by atoms with E-state index in [9.17, 15) is 4.79 Å². The number of hydrogen-bond donors (Lipinski definition) is 1. The third kappa shape index (κ3) is 11.8. The fourth-order valence-corrected chi connectivity index (χ4v) is 2.01. The van der Waals surface area contributed by atoms with Gasteiger partial charge in [-0.15, -0.1) is 0 Å². The highest BCUT2D eigenvalue weighted by atomic mass is 16.6. The monoisotopic (exact) mass is 331 g/mol. The Bertz CT molecular complexity index is 770. The molecule has 23 heavy (non-hydrogen) atoms. The highest BCUT2D eigenvalue weighted by Gasteiger charge is 2.36. The fraction of sp³-hybridized carbons (Fsp3) is 0.650. The lowest BCUT2D eigenvalue weighted by Gasteiger charge is -1.92. The highest BCUT2D eigenvalue weighted by Crippen LogP contribution is 2.30. The summed E-state index contributed by atoms with van der Waals surface area (Å²) < 4.78 is 89.3. The number of ether oxygens (including phenoxy) is 1. The molecular formula is C20H32O3. The van der Waals surface area contributed by atoms with Gasteiger partial charge in [0.25, 0.3) is 0 Å². The van der Waals surface area contributed by atoms with Crippen molar-refractivity contribution in [2.75, 3.05) is 0 Å². The maximum Gasteiger partial charge on any atom is 0.303 e. The Kier molecular flexibility index (Phi) is 4.94. The van der Waals surface area contributed by atoms with Gasteiger partial charge >= 0.3 is 5.97 Å². The van der Waals surface area contributed by atoms with Gasteiger partial charge in [-0.3, -0.25) is 4.79 Å². The van der Waals surface area contributed by atoms with Crippen molar-refractivity contribution in [1.82, 2.24) is 0 Å². The second-order valence-electron chi connectivity index (χ2n) is 5.07. The molecule has 0 saturated carbocycles. The predicted octanol–water partition coefficient (Wildman–Crippen LogP) is 5.43. The van der Waals surface area contributed by atoms with Crippen molar-refractivity contribution in [3.63, 3.8) is 0 Å². The van der Waals surface area contributed by atoms with E-state index in [4.69, 9.17) is 24.9 Å². The van der Waals surface area contributed by atoms with Gasteiger partial charge in [0.1, 0.15) is 0 Å². The predicted molar refractivity (Wildman–Crippen MR) is 95.6 cm³/mol. The van der Waals surface area contributed by atoms with E-state index in [-0.39, 0.29) is 25.0 Å². The number of epoxide rings is 1. The molecule has 3 nitrogen and oxygen atoms in total. The first kappa shape index (κ1) is 8.66. The van der Waals surface area contributed by atoms with Gasteiger partial charge in [0, 0.05) is 21.5 Å². The van der Waals surface area contributed by atoms with Crippen LogP contribution in [0.3, 0.4) is 0 Å². The zero-order valence-electron chi connectivity index (χ0n) is 24.1. The molecule has 3 heteroatoms. The second kappa shape index (κ2) is 13.1. The van der Waals surface area contributed by atoms with Crippen LogP contribution < -0.4 is 0 Å². The number of carboxylic acids is 1. The van der Waals surface area contributed by atoms with Crippen LogP contribution in [0.2, 0.25) is 0 Å². The zero-order chi connectivity index (χ0) is 26.4. The summed E-state index contributed by atoms with van der Waals surface area (Å²) in [6, 6.07) is 0. The third-order valence-electron chi connectivity index (χ3n) is 3.21. The van der Waals surface area contributed by atoms with Crippen molar-refractivity contribution >= 4 is 5.97 Å².